The highest BCUT2D eigenvalue weighted by molar-refractivity contribution is 7.08. The molecule has 0 saturated heterocycles. The summed E-state index contributed by atoms with van der Waals surface area (Å²) in [6, 6.07) is 8.95. The lowest BCUT2D eigenvalue weighted by Gasteiger charge is -1.92. The van der Waals surface area contributed by atoms with Gasteiger partial charge < -0.3 is 4.42 Å². The summed E-state index contributed by atoms with van der Waals surface area (Å²) in [6.45, 7) is 0. The van der Waals surface area contributed by atoms with E-state index in [9.17, 15) is 4.79 Å². The largest absolute Gasteiger partial charge is 0.451 e. The molecule has 0 radical (unpaired) electrons. The zero-order chi connectivity index (χ0) is 11.8. The molecule has 17 heavy (non-hydrogen) atoms. The van der Waals surface area contributed by atoms with Crippen LogP contribution in [0.4, 0.5) is 0 Å². The van der Waals surface area contributed by atoms with Crippen molar-refractivity contribution in [1.29, 1.82) is 0 Å². The minimum absolute atomic E-state index is 0.112. The van der Waals surface area contributed by atoms with E-state index in [0.717, 1.165) is 5.39 Å². The van der Waals surface area contributed by atoms with Crippen LogP contribution in [0.25, 0.3) is 11.0 Å². The SMILES string of the molecule is O=C(c1ccsc1)c1cc2cccc(Cl)c2o1. The number of thiophene rings is 1. The Bertz CT molecular complexity index is 683. The van der Waals surface area contributed by atoms with Crippen LogP contribution in [0.3, 0.4) is 0 Å². The summed E-state index contributed by atoms with van der Waals surface area (Å²) in [4.78, 5) is 12.1. The highest BCUT2D eigenvalue weighted by atomic mass is 35.5. The van der Waals surface area contributed by atoms with E-state index >= 15 is 0 Å². The molecule has 0 N–H and O–H groups in total. The van der Waals surface area contributed by atoms with Crippen molar-refractivity contribution in [3.05, 3.63) is 57.4 Å². The van der Waals surface area contributed by atoms with Gasteiger partial charge in [-0.05, 0) is 23.6 Å². The van der Waals surface area contributed by atoms with Crippen LogP contribution in [0.2, 0.25) is 5.02 Å². The van der Waals surface area contributed by atoms with Crippen molar-refractivity contribution in [3.63, 3.8) is 0 Å². The van der Waals surface area contributed by atoms with Crippen molar-refractivity contribution in [2.45, 2.75) is 0 Å². The van der Waals surface area contributed by atoms with Gasteiger partial charge in [-0.2, -0.15) is 11.3 Å². The number of fused-ring (bicyclic) bond motifs is 1. The number of para-hydroxylation sites is 1. The second kappa shape index (κ2) is 4.02. The van der Waals surface area contributed by atoms with Gasteiger partial charge >= 0.3 is 0 Å². The zero-order valence-corrected chi connectivity index (χ0v) is 10.2. The van der Waals surface area contributed by atoms with Crippen molar-refractivity contribution >= 4 is 39.7 Å². The molecular formula is C13H7ClO2S. The number of ketones is 1. The van der Waals surface area contributed by atoms with E-state index in [0.29, 0.717) is 21.9 Å². The smallest absolute Gasteiger partial charge is 0.229 e. The third kappa shape index (κ3) is 1.77. The number of carbonyl (C=O) groups is 1. The standard InChI is InChI=1S/C13H7ClO2S/c14-10-3-1-2-8-6-11(16-13(8)10)12(15)9-4-5-17-7-9/h1-7H. The van der Waals surface area contributed by atoms with Gasteiger partial charge in [-0.1, -0.05) is 23.7 Å². The quantitative estimate of drug-likeness (QED) is 0.642. The third-order valence-electron chi connectivity index (χ3n) is 2.50. The number of rotatable bonds is 2. The van der Waals surface area contributed by atoms with E-state index in [4.69, 9.17) is 16.0 Å². The molecule has 3 aromatic rings. The molecule has 0 aliphatic rings. The third-order valence-corrected chi connectivity index (χ3v) is 3.48. The summed E-state index contributed by atoms with van der Waals surface area (Å²) in [7, 11) is 0. The predicted molar refractivity (Wildman–Crippen MR) is 69.0 cm³/mol. The lowest BCUT2D eigenvalue weighted by atomic mass is 10.1. The Hall–Kier alpha value is -1.58. The van der Waals surface area contributed by atoms with Gasteiger partial charge in [-0.3, -0.25) is 4.79 Å². The number of carbonyl (C=O) groups excluding carboxylic acids is 1. The molecule has 0 amide bonds. The molecule has 84 valence electrons. The maximum Gasteiger partial charge on any atom is 0.229 e. The van der Waals surface area contributed by atoms with E-state index in [1.165, 1.54) is 11.3 Å². The molecule has 2 nitrogen and oxygen atoms in total. The molecular weight excluding hydrogens is 256 g/mol. The molecule has 4 heteroatoms. The molecule has 0 atom stereocenters. The average Bonchev–Trinajstić information content (AvgIpc) is 2.98. The van der Waals surface area contributed by atoms with Gasteiger partial charge in [-0.15, -0.1) is 0 Å². The highest BCUT2D eigenvalue weighted by Gasteiger charge is 2.15. The fraction of sp³-hybridized carbons (Fsp3) is 0. The lowest BCUT2D eigenvalue weighted by molar-refractivity contribution is 0.101. The number of furan rings is 1. The van der Waals surface area contributed by atoms with E-state index < -0.39 is 0 Å². The predicted octanol–water partition coefficient (Wildman–Crippen LogP) is 4.38. The Morgan fingerprint density at radius 3 is 2.88 bits per heavy atom. The Kier molecular flexibility index (Phi) is 2.50. The van der Waals surface area contributed by atoms with Crippen molar-refractivity contribution in [1.82, 2.24) is 0 Å². The average molecular weight is 263 g/mol. The first kappa shape index (κ1) is 10.6. The van der Waals surface area contributed by atoms with E-state index in [-0.39, 0.29) is 5.78 Å². The molecule has 0 aliphatic carbocycles. The first-order valence-corrected chi connectivity index (χ1v) is 6.33. The highest BCUT2D eigenvalue weighted by Crippen LogP contribution is 2.27. The number of halogens is 1. The van der Waals surface area contributed by atoms with Gasteiger partial charge in [0.15, 0.2) is 11.3 Å². The van der Waals surface area contributed by atoms with Crippen LogP contribution in [-0.2, 0) is 0 Å². The Labute approximate surface area is 106 Å². The van der Waals surface area contributed by atoms with Crippen molar-refractivity contribution in [2.24, 2.45) is 0 Å². The number of hydrogen-bond acceptors (Lipinski definition) is 3. The fourth-order valence-corrected chi connectivity index (χ4v) is 2.53. The number of benzene rings is 1. The van der Waals surface area contributed by atoms with Crippen LogP contribution >= 0.6 is 22.9 Å². The van der Waals surface area contributed by atoms with Gasteiger partial charge in [0.2, 0.25) is 5.78 Å². The molecule has 0 spiro atoms. The number of hydrogen-bond donors (Lipinski definition) is 0. The topological polar surface area (TPSA) is 30.2 Å². The van der Waals surface area contributed by atoms with Crippen molar-refractivity contribution < 1.29 is 9.21 Å². The monoisotopic (exact) mass is 262 g/mol. The lowest BCUT2D eigenvalue weighted by Crippen LogP contribution is -1.96. The maximum atomic E-state index is 12.1. The Balaban J connectivity index is 2.13. The summed E-state index contributed by atoms with van der Waals surface area (Å²) in [5.74, 6) is 0.213. The van der Waals surface area contributed by atoms with E-state index in [1.807, 2.05) is 17.5 Å². The summed E-state index contributed by atoms with van der Waals surface area (Å²) >= 11 is 7.48. The second-order valence-electron chi connectivity index (χ2n) is 3.61. The summed E-state index contributed by atoms with van der Waals surface area (Å²) in [5, 5.41) is 5.03. The summed E-state index contributed by atoms with van der Waals surface area (Å²) in [6.07, 6.45) is 0. The fourth-order valence-electron chi connectivity index (χ4n) is 1.68. The van der Waals surface area contributed by atoms with Crippen LogP contribution < -0.4 is 0 Å². The molecule has 2 heterocycles. The van der Waals surface area contributed by atoms with Gasteiger partial charge in [0.25, 0.3) is 0 Å². The van der Waals surface area contributed by atoms with Crippen LogP contribution in [-0.4, -0.2) is 5.78 Å². The molecule has 0 fully saturated rings. The van der Waals surface area contributed by atoms with E-state index in [2.05, 4.69) is 0 Å². The molecule has 2 aromatic heterocycles. The minimum Gasteiger partial charge on any atom is -0.451 e. The first-order valence-electron chi connectivity index (χ1n) is 5.00. The molecule has 0 saturated carbocycles. The van der Waals surface area contributed by atoms with E-state index in [1.54, 1.807) is 23.6 Å². The van der Waals surface area contributed by atoms with Crippen LogP contribution in [0, 0.1) is 0 Å². The zero-order valence-electron chi connectivity index (χ0n) is 8.64. The summed E-state index contributed by atoms with van der Waals surface area (Å²) in [5.41, 5.74) is 1.21. The molecule has 1 aromatic carbocycles. The van der Waals surface area contributed by atoms with Crippen LogP contribution in [0.1, 0.15) is 16.1 Å². The minimum atomic E-state index is -0.112. The molecule has 3 rings (SSSR count). The van der Waals surface area contributed by atoms with Gasteiger partial charge in [0.1, 0.15) is 0 Å². The Morgan fingerprint density at radius 1 is 1.29 bits per heavy atom. The van der Waals surface area contributed by atoms with Crippen LogP contribution in [0.15, 0.2) is 45.5 Å². The first-order chi connectivity index (χ1) is 8.25. The summed E-state index contributed by atoms with van der Waals surface area (Å²) < 4.78 is 5.51. The molecule has 0 aliphatic heterocycles. The van der Waals surface area contributed by atoms with Crippen molar-refractivity contribution in [3.8, 4) is 0 Å². The van der Waals surface area contributed by atoms with Gasteiger partial charge in [0.05, 0.1) is 5.02 Å². The van der Waals surface area contributed by atoms with Gasteiger partial charge in [-0.25, -0.2) is 0 Å². The maximum absolute atomic E-state index is 12.1. The van der Waals surface area contributed by atoms with Crippen molar-refractivity contribution in [2.75, 3.05) is 0 Å². The van der Waals surface area contributed by atoms with Gasteiger partial charge in [0, 0.05) is 16.3 Å². The normalized spacial score (nSPS) is 10.9. The Morgan fingerprint density at radius 2 is 2.18 bits per heavy atom. The molecule has 0 bridgehead atoms. The second-order valence-corrected chi connectivity index (χ2v) is 4.80. The van der Waals surface area contributed by atoms with Crippen LogP contribution in [0.5, 0.6) is 0 Å². The molecule has 0 unspecified atom stereocenters.